The Balaban J connectivity index is 1.47. The Kier molecular flexibility index (Phi) is 7.12. The molecule has 2 amide bonds. The highest BCUT2D eigenvalue weighted by molar-refractivity contribution is 8.18. The molecule has 7 heteroatoms. The Bertz CT molecular complexity index is 1230. The maximum atomic E-state index is 12.9. The summed E-state index contributed by atoms with van der Waals surface area (Å²) in [4.78, 5) is 27.1. The molecule has 1 fully saturated rings. The van der Waals surface area contributed by atoms with Crippen molar-refractivity contribution in [1.29, 1.82) is 0 Å². The minimum Gasteiger partial charge on any atom is -0.494 e. The molecule has 1 aliphatic rings. The van der Waals surface area contributed by atoms with Crippen molar-refractivity contribution in [1.82, 2.24) is 9.47 Å². The molecule has 2 heterocycles. The zero-order chi connectivity index (χ0) is 24.2. The first kappa shape index (κ1) is 23.7. The summed E-state index contributed by atoms with van der Waals surface area (Å²) in [6.45, 7) is 9.08. The first-order valence-corrected chi connectivity index (χ1v) is 12.1. The normalized spacial score (nSPS) is 14.8. The first-order valence-electron chi connectivity index (χ1n) is 11.2. The van der Waals surface area contributed by atoms with Gasteiger partial charge in [0.2, 0.25) is 0 Å². The van der Waals surface area contributed by atoms with E-state index in [4.69, 9.17) is 9.47 Å². The lowest BCUT2D eigenvalue weighted by Crippen LogP contribution is -2.32. The molecule has 0 aliphatic carbocycles. The van der Waals surface area contributed by atoms with Crippen molar-refractivity contribution in [2.75, 3.05) is 19.8 Å². The molecule has 1 saturated heterocycles. The number of nitrogens with zero attached hydrogens (tertiary/aromatic N) is 2. The number of hydrogen-bond donors (Lipinski definition) is 0. The van der Waals surface area contributed by atoms with E-state index in [1.807, 2.05) is 82.3 Å². The number of amides is 2. The monoisotopic (exact) mass is 476 g/mol. The van der Waals surface area contributed by atoms with Crippen LogP contribution < -0.4 is 9.47 Å². The third-order valence-electron chi connectivity index (χ3n) is 5.64. The van der Waals surface area contributed by atoms with Crippen molar-refractivity contribution < 1.29 is 19.1 Å². The van der Waals surface area contributed by atoms with Gasteiger partial charge < -0.3 is 14.0 Å². The quantitative estimate of drug-likeness (QED) is 0.378. The van der Waals surface area contributed by atoms with Crippen LogP contribution in [-0.4, -0.2) is 40.4 Å². The lowest BCUT2D eigenvalue weighted by atomic mass is 10.2. The Hall–Kier alpha value is -3.45. The van der Waals surface area contributed by atoms with Crippen LogP contribution in [-0.2, 0) is 4.79 Å². The largest absolute Gasteiger partial charge is 0.494 e. The van der Waals surface area contributed by atoms with Crippen molar-refractivity contribution in [2.24, 2.45) is 0 Å². The zero-order valence-electron chi connectivity index (χ0n) is 19.8. The maximum absolute atomic E-state index is 12.9. The molecular formula is C27H28N2O4S. The molecule has 1 aromatic heterocycles. The molecule has 176 valence electrons. The van der Waals surface area contributed by atoms with Crippen molar-refractivity contribution in [3.63, 3.8) is 0 Å². The van der Waals surface area contributed by atoms with E-state index >= 15 is 0 Å². The number of ether oxygens (including phenoxy) is 2. The van der Waals surface area contributed by atoms with E-state index in [1.54, 1.807) is 6.08 Å². The second-order valence-corrected chi connectivity index (χ2v) is 9.08. The van der Waals surface area contributed by atoms with Crippen LogP contribution in [0.15, 0.2) is 59.5 Å². The molecule has 0 atom stereocenters. The van der Waals surface area contributed by atoms with Gasteiger partial charge in [0.1, 0.15) is 18.1 Å². The number of aryl methyl sites for hydroxylation is 2. The predicted octanol–water partition coefficient (Wildman–Crippen LogP) is 5.92. The van der Waals surface area contributed by atoms with Crippen LogP contribution in [0.2, 0.25) is 0 Å². The van der Waals surface area contributed by atoms with Crippen LogP contribution in [0.25, 0.3) is 11.8 Å². The summed E-state index contributed by atoms with van der Waals surface area (Å²) in [5, 5.41) is -0.274. The average Bonchev–Trinajstić information content (AvgIpc) is 3.25. The van der Waals surface area contributed by atoms with Crippen LogP contribution in [0.1, 0.15) is 29.4 Å². The predicted molar refractivity (Wildman–Crippen MR) is 136 cm³/mol. The minimum absolute atomic E-state index is 0.209. The van der Waals surface area contributed by atoms with Gasteiger partial charge in [-0.1, -0.05) is 17.7 Å². The second-order valence-electron chi connectivity index (χ2n) is 8.08. The summed E-state index contributed by atoms with van der Waals surface area (Å²) >= 11 is 0.969. The zero-order valence-corrected chi connectivity index (χ0v) is 20.6. The fourth-order valence-electron chi connectivity index (χ4n) is 3.91. The molecule has 1 aliphatic heterocycles. The fourth-order valence-corrected chi connectivity index (χ4v) is 4.77. The summed E-state index contributed by atoms with van der Waals surface area (Å²) < 4.78 is 13.4. The third-order valence-corrected chi connectivity index (χ3v) is 6.55. The van der Waals surface area contributed by atoms with Crippen LogP contribution in [0.3, 0.4) is 0 Å². The SMILES string of the molecule is CCOc1ccc(-n2c(C)cc(/C=C3\SC(=O)N(CCOc4ccc(C)cc4)C3=O)c2C)cc1. The van der Waals surface area contributed by atoms with Crippen LogP contribution >= 0.6 is 11.8 Å². The average molecular weight is 477 g/mol. The number of carbonyl (C=O) groups excluding carboxylic acids is 2. The van der Waals surface area contributed by atoms with E-state index in [0.29, 0.717) is 11.5 Å². The molecule has 4 rings (SSSR count). The molecular weight excluding hydrogens is 448 g/mol. The Morgan fingerprint density at radius 1 is 0.912 bits per heavy atom. The molecule has 6 nitrogen and oxygen atoms in total. The number of imide groups is 1. The highest BCUT2D eigenvalue weighted by Gasteiger charge is 2.35. The third kappa shape index (κ3) is 5.04. The Morgan fingerprint density at radius 3 is 2.24 bits per heavy atom. The van der Waals surface area contributed by atoms with Gasteiger partial charge in [-0.15, -0.1) is 0 Å². The number of benzene rings is 2. The topological polar surface area (TPSA) is 60.8 Å². The molecule has 0 saturated carbocycles. The molecule has 0 bridgehead atoms. The van der Waals surface area contributed by atoms with Gasteiger partial charge in [-0.3, -0.25) is 14.5 Å². The number of hydrogen-bond acceptors (Lipinski definition) is 5. The van der Waals surface area contributed by atoms with Gasteiger partial charge in [0.05, 0.1) is 18.1 Å². The van der Waals surface area contributed by atoms with Crippen molar-refractivity contribution in [2.45, 2.75) is 27.7 Å². The summed E-state index contributed by atoms with van der Waals surface area (Å²) in [5.41, 5.74) is 5.10. The van der Waals surface area contributed by atoms with Crippen LogP contribution in [0.5, 0.6) is 11.5 Å². The van der Waals surface area contributed by atoms with Crippen molar-refractivity contribution in [3.05, 3.63) is 82.0 Å². The molecule has 3 aromatic rings. The standard InChI is InChI=1S/C27H28N2O4S/c1-5-32-23-12-8-22(9-13-23)29-19(3)16-21(20(29)4)17-25-26(30)28(27(31)34-25)14-15-33-24-10-6-18(2)7-11-24/h6-13,16-17H,5,14-15H2,1-4H3/b25-17-. The van der Waals surface area contributed by atoms with Gasteiger partial charge in [-0.2, -0.15) is 0 Å². The number of thioether (sulfide) groups is 1. The number of carbonyl (C=O) groups is 2. The Labute approximate surface area is 204 Å². The summed E-state index contributed by atoms with van der Waals surface area (Å²) in [5.74, 6) is 1.26. The van der Waals surface area contributed by atoms with Crippen molar-refractivity contribution >= 4 is 29.0 Å². The van der Waals surface area contributed by atoms with E-state index in [1.165, 1.54) is 4.90 Å². The second kappa shape index (κ2) is 10.2. The molecule has 0 spiro atoms. The van der Waals surface area contributed by atoms with E-state index < -0.39 is 0 Å². The van der Waals surface area contributed by atoms with Crippen molar-refractivity contribution in [3.8, 4) is 17.2 Å². The Morgan fingerprint density at radius 2 is 1.56 bits per heavy atom. The molecule has 0 N–H and O–H groups in total. The van der Waals surface area contributed by atoms with Gasteiger partial charge in [0, 0.05) is 17.1 Å². The van der Waals surface area contributed by atoms with Gasteiger partial charge in [0.15, 0.2) is 0 Å². The highest BCUT2D eigenvalue weighted by Crippen LogP contribution is 2.34. The van der Waals surface area contributed by atoms with Gasteiger partial charge in [0.25, 0.3) is 11.1 Å². The molecule has 0 unspecified atom stereocenters. The molecule has 2 aromatic carbocycles. The smallest absolute Gasteiger partial charge is 0.293 e. The lowest BCUT2D eigenvalue weighted by Gasteiger charge is -2.13. The van der Waals surface area contributed by atoms with E-state index in [9.17, 15) is 9.59 Å². The fraction of sp³-hybridized carbons (Fsp3) is 0.259. The summed E-state index contributed by atoms with van der Waals surface area (Å²) in [6.07, 6.45) is 1.80. The number of rotatable bonds is 8. The molecule has 0 radical (unpaired) electrons. The van der Waals surface area contributed by atoms with Gasteiger partial charge in [-0.05, 0) is 93.6 Å². The highest BCUT2D eigenvalue weighted by atomic mass is 32.2. The van der Waals surface area contributed by atoms with E-state index in [0.717, 1.165) is 51.5 Å². The summed E-state index contributed by atoms with van der Waals surface area (Å²) in [6, 6.07) is 17.6. The van der Waals surface area contributed by atoms with Gasteiger partial charge >= 0.3 is 0 Å². The first-order chi connectivity index (χ1) is 16.4. The summed E-state index contributed by atoms with van der Waals surface area (Å²) in [7, 11) is 0. The molecule has 34 heavy (non-hydrogen) atoms. The van der Waals surface area contributed by atoms with Crippen LogP contribution in [0, 0.1) is 20.8 Å². The lowest BCUT2D eigenvalue weighted by molar-refractivity contribution is -0.123. The van der Waals surface area contributed by atoms with Crippen LogP contribution in [0.4, 0.5) is 4.79 Å². The van der Waals surface area contributed by atoms with Gasteiger partial charge in [-0.25, -0.2) is 0 Å². The number of aromatic nitrogens is 1. The van der Waals surface area contributed by atoms with E-state index in [-0.39, 0.29) is 24.3 Å². The van der Waals surface area contributed by atoms with E-state index in [2.05, 4.69) is 4.57 Å². The minimum atomic E-state index is -0.284. The maximum Gasteiger partial charge on any atom is 0.293 e.